The first-order chi connectivity index (χ1) is 13.0. The standard InChI is InChI=1S/C19H22N2O5S/c1-2-25-17-5-8-18(9-6-17)27(23,24)21-13-11-20(12-14-21)19(22)10-7-16-4-3-15-26-16/h3-10,15H,2,11-14H2,1H3. The van der Waals surface area contributed by atoms with E-state index in [-0.39, 0.29) is 23.9 Å². The lowest BCUT2D eigenvalue weighted by molar-refractivity contribution is -0.127. The van der Waals surface area contributed by atoms with Crippen LogP contribution in [0.2, 0.25) is 0 Å². The number of carbonyl (C=O) groups excluding carboxylic acids is 1. The van der Waals surface area contributed by atoms with Crippen molar-refractivity contribution in [2.24, 2.45) is 0 Å². The van der Waals surface area contributed by atoms with Gasteiger partial charge in [0.25, 0.3) is 0 Å². The summed E-state index contributed by atoms with van der Waals surface area (Å²) in [7, 11) is -3.58. The summed E-state index contributed by atoms with van der Waals surface area (Å²) in [5.41, 5.74) is 0. The van der Waals surface area contributed by atoms with Crippen LogP contribution in [0, 0.1) is 0 Å². The molecule has 1 aliphatic heterocycles. The molecule has 1 saturated heterocycles. The van der Waals surface area contributed by atoms with E-state index in [4.69, 9.17) is 9.15 Å². The summed E-state index contributed by atoms with van der Waals surface area (Å²) in [6.45, 7) is 3.60. The van der Waals surface area contributed by atoms with Crippen molar-refractivity contribution >= 4 is 22.0 Å². The number of benzene rings is 1. The summed E-state index contributed by atoms with van der Waals surface area (Å²) in [5.74, 6) is 1.07. The van der Waals surface area contributed by atoms with Gasteiger partial charge in [-0.3, -0.25) is 4.79 Å². The summed E-state index contributed by atoms with van der Waals surface area (Å²) in [4.78, 5) is 14.1. The summed E-state index contributed by atoms with van der Waals surface area (Å²) < 4.78 is 37.4. The topological polar surface area (TPSA) is 80.1 Å². The Morgan fingerprint density at radius 1 is 1.15 bits per heavy atom. The van der Waals surface area contributed by atoms with E-state index in [1.54, 1.807) is 47.4 Å². The average Bonchev–Trinajstić information content (AvgIpc) is 3.20. The summed E-state index contributed by atoms with van der Waals surface area (Å²) in [6.07, 6.45) is 4.58. The molecular formula is C19H22N2O5S. The van der Waals surface area contributed by atoms with Crippen LogP contribution < -0.4 is 4.74 Å². The first-order valence-corrected chi connectivity index (χ1v) is 10.2. The van der Waals surface area contributed by atoms with Gasteiger partial charge in [0.2, 0.25) is 15.9 Å². The van der Waals surface area contributed by atoms with Crippen molar-refractivity contribution in [2.45, 2.75) is 11.8 Å². The number of hydrogen-bond donors (Lipinski definition) is 0. The highest BCUT2D eigenvalue weighted by atomic mass is 32.2. The van der Waals surface area contributed by atoms with Crippen LogP contribution in [0.15, 0.2) is 58.1 Å². The fourth-order valence-corrected chi connectivity index (χ4v) is 4.24. The first kappa shape index (κ1) is 19.2. The smallest absolute Gasteiger partial charge is 0.246 e. The minimum Gasteiger partial charge on any atom is -0.494 e. The Balaban J connectivity index is 1.59. The number of piperazine rings is 1. The largest absolute Gasteiger partial charge is 0.494 e. The lowest BCUT2D eigenvalue weighted by Crippen LogP contribution is -2.50. The molecule has 2 aromatic rings. The molecule has 1 aliphatic rings. The molecule has 0 unspecified atom stereocenters. The van der Waals surface area contributed by atoms with E-state index in [1.165, 1.54) is 16.6 Å². The fraction of sp³-hybridized carbons (Fsp3) is 0.316. The van der Waals surface area contributed by atoms with E-state index in [1.807, 2.05) is 6.92 Å². The Morgan fingerprint density at radius 2 is 1.85 bits per heavy atom. The summed E-state index contributed by atoms with van der Waals surface area (Å²) in [6, 6.07) is 9.89. The highest BCUT2D eigenvalue weighted by Crippen LogP contribution is 2.21. The molecular weight excluding hydrogens is 368 g/mol. The van der Waals surface area contributed by atoms with E-state index in [0.29, 0.717) is 31.2 Å². The molecule has 0 radical (unpaired) electrons. The van der Waals surface area contributed by atoms with Gasteiger partial charge in [-0.05, 0) is 49.4 Å². The molecule has 1 aromatic heterocycles. The van der Waals surface area contributed by atoms with Crippen LogP contribution in [0.25, 0.3) is 6.08 Å². The van der Waals surface area contributed by atoms with E-state index in [0.717, 1.165) is 0 Å². The molecule has 0 spiro atoms. The predicted octanol–water partition coefficient (Wildman–Crippen LogP) is 2.22. The number of nitrogens with zero attached hydrogens (tertiary/aromatic N) is 2. The number of rotatable bonds is 6. The number of sulfonamides is 1. The zero-order chi connectivity index (χ0) is 19.3. The summed E-state index contributed by atoms with van der Waals surface area (Å²) in [5, 5.41) is 0. The molecule has 144 valence electrons. The van der Waals surface area contributed by atoms with Gasteiger partial charge in [-0.2, -0.15) is 4.31 Å². The molecule has 2 heterocycles. The van der Waals surface area contributed by atoms with Crippen molar-refractivity contribution in [1.29, 1.82) is 0 Å². The number of carbonyl (C=O) groups is 1. The van der Waals surface area contributed by atoms with Gasteiger partial charge in [0.15, 0.2) is 0 Å². The van der Waals surface area contributed by atoms with Crippen molar-refractivity contribution < 1.29 is 22.4 Å². The quantitative estimate of drug-likeness (QED) is 0.707. The van der Waals surface area contributed by atoms with Crippen molar-refractivity contribution in [2.75, 3.05) is 32.8 Å². The Labute approximate surface area is 158 Å². The second-order valence-electron chi connectivity index (χ2n) is 5.98. The van der Waals surface area contributed by atoms with Crippen LogP contribution >= 0.6 is 0 Å². The van der Waals surface area contributed by atoms with Crippen molar-refractivity contribution in [1.82, 2.24) is 9.21 Å². The monoisotopic (exact) mass is 390 g/mol. The van der Waals surface area contributed by atoms with Gasteiger partial charge in [-0.25, -0.2) is 8.42 Å². The summed E-state index contributed by atoms with van der Waals surface area (Å²) >= 11 is 0. The van der Waals surface area contributed by atoms with Crippen LogP contribution in [-0.2, 0) is 14.8 Å². The second kappa shape index (κ2) is 8.41. The van der Waals surface area contributed by atoms with Crippen LogP contribution in [0.3, 0.4) is 0 Å². The maximum Gasteiger partial charge on any atom is 0.246 e. The number of hydrogen-bond acceptors (Lipinski definition) is 5. The highest BCUT2D eigenvalue weighted by Gasteiger charge is 2.29. The molecule has 0 aliphatic carbocycles. The van der Waals surface area contributed by atoms with E-state index < -0.39 is 10.0 Å². The van der Waals surface area contributed by atoms with Crippen molar-refractivity contribution in [3.05, 3.63) is 54.5 Å². The van der Waals surface area contributed by atoms with Crippen molar-refractivity contribution in [3.63, 3.8) is 0 Å². The third-order valence-corrected chi connectivity index (χ3v) is 6.17. The van der Waals surface area contributed by atoms with Gasteiger partial charge in [0.1, 0.15) is 11.5 Å². The molecule has 1 aromatic carbocycles. The van der Waals surface area contributed by atoms with E-state index in [9.17, 15) is 13.2 Å². The first-order valence-electron chi connectivity index (χ1n) is 8.74. The maximum absolute atomic E-state index is 12.8. The van der Waals surface area contributed by atoms with E-state index >= 15 is 0 Å². The van der Waals surface area contributed by atoms with Gasteiger partial charge in [0.05, 0.1) is 17.8 Å². The van der Waals surface area contributed by atoms with Crippen LogP contribution in [-0.4, -0.2) is 56.3 Å². The minimum absolute atomic E-state index is 0.162. The molecule has 1 fully saturated rings. The van der Waals surface area contributed by atoms with E-state index in [2.05, 4.69) is 0 Å². The fourth-order valence-electron chi connectivity index (χ4n) is 2.82. The van der Waals surface area contributed by atoms with Gasteiger partial charge < -0.3 is 14.1 Å². The predicted molar refractivity (Wildman–Crippen MR) is 101 cm³/mol. The number of amides is 1. The molecule has 8 heteroatoms. The Morgan fingerprint density at radius 3 is 2.44 bits per heavy atom. The minimum atomic E-state index is -3.58. The maximum atomic E-state index is 12.8. The Kier molecular flexibility index (Phi) is 5.98. The van der Waals surface area contributed by atoms with Crippen LogP contribution in [0.4, 0.5) is 0 Å². The van der Waals surface area contributed by atoms with Gasteiger partial charge in [-0.15, -0.1) is 0 Å². The molecule has 0 N–H and O–H groups in total. The lowest BCUT2D eigenvalue weighted by Gasteiger charge is -2.33. The van der Waals surface area contributed by atoms with Crippen molar-refractivity contribution in [3.8, 4) is 5.75 Å². The van der Waals surface area contributed by atoms with Crippen LogP contribution in [0.5, 0.6) is 5.75 Å². The lowest BCUT2D eigenvalue weighted by atomic mass is 10.3. The Bertz CT molecular complexity index is 881. The molecule has 27 heavy (non-hydrogen) atoms. The van der Waals surface area contributed by atoms with Gasteiger partial charge in [0, 0.05) is 32.3 Å². The third-order valence-electron chi connectivity index (χ3n) is 4.26. The zero-order valence-corrected chi connectivity index (χ0v) is 15.9. The zero-order valence-electron chi connectivity index (χ0n) is 15.1. The van der Waals surface area contributed by atoms with Gasteiger partial charge in [-0.1, -0.05) is 0 Å². The molecule has 0 bridgehead atoms. The number of ether oxygens (including phenoxy) is 1. The average molecular weight is 390 g/mol. The molecule has 7 nitrogen and oxygen atoms in total. The second-order valence-corrected chi connectivity index (χ2v) is 7.92. The molecule has 0 atom stereocenters. The van der Waals surface area contributed by atoms with Crippen LogP contribution in [0.1, 0.15) is 12.7 Å². The van der Waals surface area contributed by atoms with Gasteiger partial charge >= 0.3 is 0 Å². The SMILES string of the molecule is CCOc1ccc(S(=O)(=O)N2CCN(C(=O)C=Cc3ccco3)CC2)cc1. The molecule has 1 amide bonds. The Hall–Kier alpha value is -2.58. The normalized spacial score (nSPS) is 16.0. The highest BCUT2D eigenvalue weighted by molar-refractivity contribution is 7.89. The third kappa shape index (κ3) is 4.58. The molecule has 3 rings (SSSR count). The number of furan rings is 1. The molecule has 0 saturated carbocycles.